The summed E-state index contributed by atoms with van der Waals surface area (Å²) in [6, 6.07) is 22.6. The molecule has 1 N–H and O–H groups in total. The molecule has 0 spiro atoms. The summed E-state index contributed by atoms with van der Waals surface area (Å²) in [4.78, 5) is 15.1. The van der Waals surface area contributed by atoms with E-state index in [-0.39, 0.29) is 10.8 Å². The first-order valence-corrected chi connectivity index (χ1v) is 12.8. The van der Waals surface area contributed by atoms with Gasteiger partial charge in [0.05, 0.1) is 4.90 Å². The molecule has 6 heteroatoms. The van der Waals surface area contributed by atoms with Crippen molar-refractivity contribution < 1.29 is 13.2 Å². The number of carbonyl (C=O) groups is 1. The Hall–Kier alpha value is -3.12. The van der Waals surface area contributed by atoms with E-state index in [1.54, 1.807) is 37.3 Å². The lowest BCUT2D eigenvalue weighted by Gasteiger charge is -2.32. The maximum absolute atomic E-state index is 13.2. The van der Waals surface area contributed by atoms with Crippen molar-refractivity contribution >= 4 is 21.6 Å². The van der Waals surface area contributed by atoms with Gasteiger partial charge in [0.2, 0.25) is 0 Å². The molecule has 33 heavy (non-hydrogen) atoms. The molecular formula is C27H30N2O3S. The molecule has 0 atom stereocenters. The number of nitrogens with one attached hydrogen (secondary N) is 1. The zero-order valence-corrected chi connectivity index (χ0v) is 19.9. The van der Waals surface area contributed by atoms with Gasteiger partial charge in [-0.15, -0.1) is 0 Å². The third kappa shape index (κ3) is 5.63. The molecular weight excluding hydrogens is 432 g/mol. The van der Waals surface area contributed by atoms with Crippen LogP contribution in [0.1, 0.15) is 39.9 Å². The van der Waals surface area contributed by atoms with E-state index in [1.807, 2.05) is 24.0 Å². The van der Waals surface area contributed by atoms with Crippen LogP contribution in [0.25, 0.3) is 0 Å². The zero-order valence-electron chi connectivity index (χ0n) is 19.1. The smallest absolute Gasteiger partial charge is 0.262 e. The molecule has 172 valence electrons. The predicted molar refractivity (Wildman–Crippen MR) is 132 cm³/mol. The van der Waals surface area contributed by atoms with Crippen molar-refractivity contribution in [2.24, 2.45) is 5.92 Å². The Balaban J connectivity index is 1.45. The number of piperidine rings is 1. The molecule has 1 aliphatic rings. The highest BCUT2D eigenvalue weighted by molar-refractivity contribution is 7.92. The predicted octanol–water partition coefficient (Wildman–Crippen LogP) is 5.20. The first kappa shape index (κ1) is 23.1. The van der Waals surface area contributed by atoms with Gasteiger partial charge in [-0.05, 0) is 80.0 Å². The normalized spacial score (nSPS) is 14.8. The molecule has 5 nitrogen and oxygen atoms in total. The molecule has 1 heterocycles. The van der Waals surface area contributed by atoms with Crippen molar-refractivity contribution in [3.05, 3.63) is 95.1 Å². The first-order valence-electron chi connectivity index (χ1n) is 11.4. The fraction of sp³-hybridized carbons (Fsp3) is 0.296. The number of nitrogens with zero attached hydrogens (tertiary/aromatic N) is 1. The topological polar surface area (TPSA) is 66.5 Å². The molecule has 4 rings (SSSR count). The van der Waals surface area contributed by atoms with E-state index in [2.05, 4.69) is 29.0 Å². The molecule has 3 aromatic rings. The average Bonchev–Trinajstić information content (AvgIpc) is 2.80. The van der Waals surface area contributed by atoms with Gasteiger partial charge in [0.25, 0.3) is 15.9 Å². The van der Waals surface area contributed by atoms with E-state index in [0.29, 0.717) is 35.8 Å². The van der Waals surface area contributed by atoms with Gasteiger partial charge in [0.15, 0.2) is 0 Å². The number of carbonyl (C=O) groups excluding carboxylic acids is 1. The summed E-state index contributed by atoms with van der Waals surface area (Å²) in [5.41, 5.74) is 3.81. The van der Waals surface area contributed by atoms with Gasteiger partial charge in [-0.25, -0.2) is 8.42 Å². The Morgan fingerprint density at radius 3 is 2.36 bits per heavy atom. The van der Waals surface area contributed by atoms with Crippen molar-refractivity contribution in [3.63, 3.8) is 0 Å². The summed E-state index contributed by atoms with van der Waals surface area (Å²) in [5, 5.41) is 0. The Morgan fingerprint density at radius 2 is 1.67 bits per heavy atom. The minimum atomic E-state index is -3.81. The molecule has 0 radical (unpaired) electrons. The van der Waals surface area contributed by atoms with Crippen LogP contribution in [0.3, 0.4) is 0 Å². The summed E-state index contributed by atoms with van der Waals surface area (Å²) in [6.07, 6.45) is 2.93. The fourth-order valence-corrected chi connectivity index (χ4v) is 5.73. The summed E-state index contributed by atoms with van der Waals surface area (Å²) in [5.74, 6) is 0.448. The number of amides is 1. The van der Waals surface area contributed by atoms with E-state index in [0.717, 1.165) is 24.8 Å². The lowest BCUT2D eigenvalue weighted by atomic mass is 9.90. The minimum Gasteiger partial charge on any atom is -0.339 e. The Morgan fingerprint density at radius 1 is 0.939 bits per heavy atom. The average molecular weight is 463 g/mol. The van der Waals surface area contributed by atoms with Crippen LogP contribution >= 0.6 is 0 Å². The molecule has 0 aromatic heterocycles. The van der Waals surface area contributed by atoms with Crippen LogP contribution in [-0.2, 0) is 16.4 Å². The lowest BCUT2D eigenvalue weighted by Crippen LogP contribution is -2.39. The van der Waals surface area contributed by atoms with Crippen LogP contribution in [0.15, 0.2) is 77.7 Å². The number of hydrogen-bond donors (Lipinski definition) is 1. The van der Waals surface area contributed by atoms with Gasteiger partial charge in [0.1, 0.15) is 0 Å². The van der Waals surface area contributed by atoms with Gasteiger partial charge in [-0.1, -0.05) is 48.5 Å². The Labute approximate surface area is 196 Å². The van der Waals surface area contributed by atoms with Crippen LogP contribution in [0.5, 0.6) is 0 Å². The second-order valence-corrected chi connectivity index (χ2v) is 10.5. The van der Waals surface area contributed by atoms with E-state index in [1.165, 1.54) is 11.6 Å². The number of likely N-dealkylation sites (tertiary alicyclic amines) is 1. The molecule has 0 saturated carbocycles. The van der Waals surface area contributed by atoms with Crippen LogP contribution in [0.4, 0.5) is 5.69 Å². The minimum absolute atomic E-state index is 0.111. The largest absolute Gasteiger partial charge is 0.339 e. The maximum Gasteiger partial charge on any atom is 0.262 e. The van der Waals surface area contributed by atoms with E-state index >= 15 is 0 Å². The first-order chi connectivity index (χ1) is 15.8. The van der Waals surface area contributed by atoms with Gasteiger partial charge in [-0.3, -0.25) is 9.52 Å². The zero-order chi connectivity index (χ0) is 23.4. The lowest BCUT2D eigenvalue weighted by molar-refractivity contribution is 0.0690. The number of aryl methyl sites for hydroxylation is 2. The second kappa shape index (κ2) is 9.79. The Kier molecular flexibility index (Phi) is 6.84. The van der Waals surface area contributed by atoms with E-state index in [4.69, 9.17) is 0 Å². The van der Waals surface area contributed by atoms with Crippen molar-refractivity contribution in [3.8, 4) is 0 Å². The van der Waals surface area contributed by atoms with Crippen molar-refractivity contribution in [1.29, 1.82) is 0 Å². The van der Waals surface area contributed by atoms with Gasteiger partial charge < -0.3 is 4.90 Å². The molecule has 1 aliphatic heterocycles. The van der Waals surface area contributed by atoms with Crippen LogP contribution < -0.4 is 4.72 Å². The number of hydrogen-bond acceptors (Lipinski definition) is 3. The monoisotopic (exact) mass is 462 g/mol. The summed E-state index contributed by atoms with van der Waals surface area (Å²) >= 11 is 0. The molecule has 1 amide bonds. The highest BCUT2D eigenvalue weighted by Gasteiger charge is 2.26. The SMILES string of the molecule is Cc1cccc(NS(=O)(=O)c2cc(C(=O)N3CCC(Cc4ccccc4)CC3)ccc2C)c1. The Bertz CT molecular complexity index is 1230. The van der Waals surface area contributed by atoms with Crippen LogP contribution in [0, 0.1) is 19.8 Å². The number of anilines is 1. The summed E-state index contributed by atoms with van der Waals surface area (Å²) in [7, 11) is -3.81. The summed E-state index contributed by atoms with van der Waals surface area (Å²) in [6.45, 7) is 5.03. The number of benzene rings is 3. The number of sulfonamides is 1. The van der Waals surface area contributed by atoms with Crippen LogP contribution in [-0.4, -0.2) is 32.3 Å². The standard InChI is InChI=1S/C27H30N2O3S/c1-20-7-6-10-25(17-20)28-33(31,32)26-19-24(12-11-21(26)2)27(30)29-15-13-23(14-16-29)18-22-8-4-3-5-9-22/h3-12,17,19,23,28H,13-16,18H2,1-2H3. The molecule has 0 bridgehead atoms. The van der Waals surface area contributed by atoms with Crippen molar-refractivity contribution in [2.75, 3.05) is 17.8 Å². The van der Waals surface area contributed by atoms with Crippen molar-refractivity contribution in [2.45, 2.75) is 38.0 Å². The third-order valence-corrected chi connectivity index (χ3v) is 7.79. The third-order valence-electron chi connectivity index (χ3n) is 6.26. The van der Waals surface area contributed by atoms with Crippen LogP contribution in [0.2, 0.25) is 0 Å². The number of rotatable bonds is 6. The van der Waals surface area contributed by atoms with Crippen molar-refractivity contribution in [1.82, 2.24) is 4.90 Å². The molecule has 1 saturated heterocycles. The maximum atomic E-state index is 13.2. The summed E-state index contributed by atoms with van der Waals surface area (Å²) < 4.78 is 28.8. The van der Waals surface area contributed by atoms with E-state index < -0.39 is 10.0 Å². The van der Waals surface area contributed by atoms with E-state index in [9.17, 15) is 13.2 Å². The molecule has 1 fully saturated rings. The highest BCUT2D eigenvalue weighted by atomic mass is 32.2. The van der Waals surface area contributed by atoms with Gasteiger partial charge in [-0.2, -0.15) is 0 Å². The second-order valence-electron chi connectivity index (χ2n) is 8.88. The molecule has 3 aromatic carbocycles. The van der Waals surface area contributed by atoms with Gasteiger partial charge >= 0.3 is 0 Å². The van der Waals surface area contributed by atoms with Gasteiger partial charge in [0, 0.05) is 24.3 Å². The fourth-order valence-electron chi connectivity index (χ4n) is 4.41. The highest BCUT2D eigenvalue weighted by Crippen LogP contribution is 2.25. The molecule has 0 aliphatic carbocycles. The molecule has 0 unspecified atom stereocenters. The quantitative estimate of drug-likeness (QED) is 0.548.